The number of piperazine rings is 1. The summed E-state index contributed by atoms with van der Waals surface area (Å²) < 4.78 is 29.2. The highest BCUT2D eigenvalue weighted by atomic mass is 19.3. The molecule has 3 aliphatic rings. The molecule has 2 aromatic rings. The molecule has 2 fully saturated rings. The van der Waals surface area contributed by atoms with Crippen LogP contribution in [-0.2, 0) is 0 Å². The molecular weight excluding hydrogens is 320 g/mol. The zero-order valence-corrected chi connectivity index (χ0v) is 13.9. The average molecular weight is 341 g/mol. The van der Waals surface area contributed by atoms with Gasteiger partial charge in [0.25, 0.3) is 5.92 Å². The third-order valence-corrected chi connectivity index (χ3v) is 5.77. The molecule has 2 aliphatic carbocycles. The normalized spacial score (nSPS) is 29.9. The molecule has 1 saturated heterocycles. The molecule has 0 spiro atoms. The quantitative estimate of drug-likeness (QED) is 0.879. The summed E-state index contributed by atoms with van der Waals surface area (Å²) in [6.07, 6.45) is 0. The maximum Gasteiger partial charge on any atom is 0.263 e. The van der Waals surface area contributed by atoms with E-state index in [0.717, 1.165) is 48.4 Å². The van der Waals surface area contributed by atoms with Crippen molar-refractivity contribution >= 4 is 0 Å². The highest BCUT2D eigenvalue weighted by Crippen LogP contribution is 2.70. The molecule has 1 heterocycles. The van der Waals surface area contributed by atoms with Gasteiger partial charge in [0.15, 0.2) is 0 Å². The van der Waals surface area contributed by atoms with Gasteiger partial charge in [-0.3, -0.25) is 0 Å². The molecular formula is C20H21F2N3. The number of hydrogen-bond acceptors (Lipinski definition) is 3. The van der Waals surface area contributed by atoms with Crippen LogP contribution in [-0.4, -0.2) is 37.1 Å². The number of fused-ring (bicyclic) bond motifs is 5. The number of rotatable bonds is 2. The zero-order valence-electron chi connectivity index (χ0n) is 13.9. The fourth-order valence-electron chi connectivity index (χ4n) is 4.50. The molecule has 5 rings (SSSR count). The molecule has 3 nitrogen and oxygen atoms in total. The van der Waals surface area contributed by atoms with E-state index in [9.17, 15) is 8.78 Å². The van der Waals surface area contributed by atoms with Crippen LogP contribution in [0.4, 0.5) is 8.78 Å². The third kappa shape index (κ3) is 2.34. The van der Waals surface area contributed by atoms with E-state index < -0.39 is 17.8 Å². The summed E-state index contributed by atoms with van der Waals surface area (Å²) in [7, 11) is 0. The van der Waals surface area contributed by atoms with Gasteiger partial charge in [0, 0.05) is 26.2 Å². The third-order valence-electron chi connectivity index (χ3n) is 5.77. The van der Waals surface area contributed by atoms with Crippen LogP contribution in [0.2, 0.25) is 0 Å². The zero-order chi connectivity index (χ0) is 17.0. The summed E-state index contributed by atoms with van der Waals surface area (Å²) >= 11 is 0. The highest BCUT2D eigenvalue weighted by molar-refractivity contribution is 5.56. The van der Waals surface area contributed by atoms with E-state index in [-0.39, 0.29) is 6.04 Å². The van der Waals surface area contributed by atoms with Crippen LogP contribution in [0.25, 0.3) is 0 Å². The highest BCUT2D eigenvalue weighted by Gasteiger charge is 2.71. The minimum atomic E-state index is -2.65. The Morgan fingerprint density at radius 2 is 1.32 bits per heavy atom. The minimum Gasteiger partial charge on any atom is -0.314 e. The molecule has 2 unspecified atom stereocenters. The lowest BCUT2D eigenvalue weighted by Gasteiger charge is -2.33. The molecule has 25 heavy (non-hydrogen) atoms. The standard InChI is InChI=1S/C20H21F2N3/c21-20(22)17-13-5-1-3-7-15(13)19(24-25-11-9-23-10-12-25)16-8-4-2-6-14(16)18(17)20/h1-8,17-19,23-24H,9-12H2. The molecule has 1 aliphatic heterocycles. The van der Waals surface area contributed by atoms with Crippen LogP contribution in [0, 0.1) is 0 Å². The van der Waals surface area contributed by atoms with Gasteiger partial charge >= 0.3 is 0 Å². The van der Waals surface area contributed by atoms with Gasteiger partial charge in [-0.05, 0) is 22.3 Å². The maximum absolute atomic E-state index is 14.6. The topological polar surface area (TPSA) is 27.3 Å². The first kappa shape index (κ1) is 15.4. The average Bonchev–Trinajstić information content (AvgIpc) is 3.25. The molecule has 5 heteroatoms. The van der Waals surface area contributed by atoms with E-state index in [1.807, 2.05) is 48.5 Å². The lowest BCUT2D eigenvalue weighted by atomic mass is 9.92. The summed E-state index contributed by atoms with van der Waals surface area (Å²) in [5, 5.41) is 5.56. The van der Waals surface area contributed by atoms with Gasteiger partial charge in [0.2, 0.25) is 0 Å². The number of benzene rings is 2. The summed E-state index contributed by atoms with van der Waals surface area (Å²) in [6, 6.07) is 15.4. The van der Waals surface area contributed by atoms with Crippen LogP contribution in [0.3, 0.4) is 0 Å². The summed E-state index contributed by atoms with van der Waals surface area (Å²) in [5.41, 5.74) is 7.18. The molecule has 0 aromatic heterocycles. The van der Waals surface area contributed by atoms with Crippen LogP contribution < -0.4 is 10.7 Å². The first-order chi connectivity index (χ1) is 12.2. The Morgan fingerprint density at radius 1 is 0.840 bits per heavy atom. The van der Waals surface area contributed by atoms with Crippen LogP contribution in [0.15, 0.2) is 48.5 Å². The molecule has 1 saturated carbocycles. The first-order valence-corrected chi connectivity index (χ1v) is 8.95. The van der Waals surface area contributed by atoms with Crippen LogP contribution in [0.1, 0.15) is 40.1 Å². The van der Waals surface area contributed by atoms with Crippen LogP contribution in [0.5, 0.6) is 0 Å². The SMILES string of the molecule is FC1(F)C2c3ccccc3C(NN3CCNCC3)c3ccccc3C21. The van der Waals surface area contributed by atoms with Crippen molar-refractivity contribution in [1.29, 1.82) is 0 Å². The molecule has 0 amide bonds. The molecule has 130 valence electrons. The Kier molecular flexibility index (Phi) is 3.45. The van der Waals surface area contributed by atoms with Gasteiger partial charge in [0.1, 0.15) is 0 Å². The van der Waals surface area contributed by atoms with E-state index in [0.29, 0.717) is 0 Å². The minimum absolute atomic E-state index is 0.0749. The number of hydrazine groups is 1. The van der Waals surface area contributed by atoms with Crippen molar-refractivity contribution in [1.82, 2.24) is 15.8 Å². The van der Waals surface area contributed by atoms with E-state index in [2.05, 4.69) is 15.8 Å². The second-order valence-corrected chi connectivity index (χ2v) is 7.19. The lowest BCUT2D eigenvalue weighted by molar-refractivity contribution is 0.103. The number of alkyl halides is 2. The fraction of sp³-hybridized carbons (Fsp3) is 0.400. The lowest BCUT2D eigenvalue weighted by Crippen LogP contribution is -2.51. The second kappa shape index (κ2) is 5.59. The van der Waals surface area contributed by atoms with Gasteiger partial charge in [-0.15, -0.1) is 0 Å². The van der Waals surface area contributed by atoms with E-state index in [1.54, 1.807) is 0 Å². The van der Waals surface area contributed by atoms with E-state index in [4.69, 9.17) is 0 Å². The smallest absolute Gasteiger partial charge is 0.263 e. The number of nitrogens with one attached hydrogen (secondary N) is 2. The summed E-state index contributed by atoms with van der Waals surface area (Å²) in [5.74, 6) is -4.04. The van der Waals surface area contributed by atoms with Crippen molar-refractivity contribution in [3.05, 3.63) is 70.8 Å². The first-order valence-electron chi connectivity index (χ1n) is 8.95. The van der Waals surface area contributed by atoms with Crippen molar-refractivity contribution in [2.45, 2.75) is 23.8 Å². The Labute approximate surface area is 146 Å². The predicted octanol–water partition coefficient (Wildman–Crippen LogP) is 3.02. The van der Waals surface area contributed by atoms with Crippen molar-refractivity contribution in [3.63, 3.8) is 0 Å². The van der Waals surface area contributed by atoms with E-state index in [1.165, 1.54) is 0 Å². The number of halogens is 2. The Bertz CT molecular complexity index is 746. The summed E-state index contributed by atoms with van der Waals surface area (Å²) in [4.78, 5) is 0. The van der Waals surface area contributed by atoms with Crippen molar-refractivity contribution in [3.8, 4) is 0 Å². The number of hydrogen-bond donors (Lipinski definition) is 2. The van der Waals surface area contributed by atoms with Crippen molar-refractivity contribution in [2.24, 2.45) is 0 Å². The van der Waals surface area contributed by atoms with Gasteiger partial charge in [-0.25, -0.2) is 19.2 Å². The summed E-state index contributed by atoms with van der Waals surface area (Å²) in [6.45, 7) is 3.69. The Hall–Kier alpha value is -1.82. The molecule has 0 radical (unpaired) electrons. The predicted molar refractivity (Wildman–Crippen MR) is 92.7 cm³/mol. The maximum atomic E-state index is 14.6. The van der Waals surface area contributed by atoms with Gasteiger partial charge in [-0.1, -0.05) is 48.5 Å². The number of nitrogens with zero attached hydrogens (tertiary/aromatic N) is 1. The van der Waals surface area contributed by atoms with Crippen molar-refractivity contribution < 1.29 is 8.78 Å². The Morgan fingerprint density at radius 3 is 1.84 bits per heavy atom. The second-order valence-electron chi connectivity index (χ2n) is 7.19. The van der Waals surface area contributed by atoms with Gasteiger partial charge in [-0.2, -0.15) is 0 Å². The largest absolute Gasteiger partial charge is 0.314 e. The monoisotopic (exact) mass is 341 g/mol. The molecule has 2 atom stereocenters. The van der Waals surface area contributed by atoms with Crippen molar-refractivity contribution in [2.75, 3.05) is 26.2 Å². The molecule has 0 bridgehead atoms. The van der Waals surface area contributed by atoms with Gasteiger partial charge in [0.05, 0.1) is 17.9 Å². The van der Waals surface area contributed by atoms with Gasteiger partial charge < -0.3 is 5.32 Å². The molecule has 2 aromatic carbocycles. The Balaban J connectivity index is 1.63. The molecule has 2 N–H and O–H groups in total. The van der Waals surface area contributed by atoms with Crippen LogP contribution >= 0.6 is 0 Å². The van der Waals surface area contributed by atoms with E-state index >= 15 is 0 Å². The fourth-order valence-corrected chi connectivity index (χ4v) is 4.50.